The molecule has 5 heteroatoms. The van der Waals surface area contributed by atoms with Crippen molar-refractivity contribution in [2.45, 2.75) is 25.4 Å². The van der Waals surface area contributed by atoms with Crippen molar-refractivity contribution in [3.63, 3.8) is 0 Å². The molecule has 1 aliphatic rings. The molecule has 0 aliphatic carbocycles. The standard InChI is InChI=1S/C22H30N2O3/c1-25-20-14-22(27-3)21(26-2)13-18(20)15-23-16-19(24-11-7-8-12-24)17-9-5-4-6-10-17/h4-6,9-10,13-14,19,23H,7-8,11-12,15-16H2,1-3H3. The SMILES string of the molecule is COc1cc(OC)c(OC)cc1CNCC(c1ccccc1)N1CCCC1. The van der Waals surface area contributed by atoms with Gasteiger partial charge in [0.25, 0.3) is 0 Å². The molecule has 1 aliphatic heterocycles. The van der Waals surface area contributed by atoms with Crippen LogP contribution in [0.1, 0.15) is 30.0 Å². The second-order valence-electron chi connectivity index (χ2n) is 6.82. The Bertz CT molecular complexity index is 715. The maximum atomic E-state index is 5.54. The normalized spacial score (nSPS) is 15.5. The van der Waals surface area contributed by atoms with E-state index in [4.69, 9.17) is 14.2 Å². The summed E-state index contributed by atoms with van der Waals surface area (Å²) in [5, 5.41) is 3.62. The summed E-state index contributed by atoms with van der Waals surface area (Å²) >= 11 is 0. The van der Waals surface area contributed by atoms with Gasteiger partial charge in [-0.1, -0.05) is 30.3 Å². The van der Waals surface area contributed by atoms with Crippen molar-refractivity contribution in [1.29, 1.82) is 0 Å². The van der Waals surface area contributed by atoms with Crippen LogP contribution in [0.3, 0.4) is 0 Å². The van der Waals surface area contributed by atoms with Gasteiger partial charge in [0.2, 0.25) is 0 Å². The highest BCUT2D eigenvalue weighted by Crippen LogP contribution is 2.34. The predicted octanol–water partition coefficient (Wildman–Crippen LogP) is 3.64. The van der Waals surface area contributed by atoms with Crippen LogP contribution in [-0.4, -0.2) is 45.9 Å². The van der Waals surface area contributed by atoms with Crippen molar-refractivity contribution >= 4 is 0 Å². The van der Waals surface area contributed by atoms with Gasteiger partial charge < -0.3 is 19.5 Å². The fraction of sp³-hybridized carbons (Fsp3) is 0.455. The zero-order valence-electron chi connectivity index (χ0n) is 16.5. The number of ether oxygens (including phenoxy) is 3. The van der Waals surface area contributed by atoms with Gasteiger partial charge in [0.1, 0.15) is 5.75 Å². The van der Waals surface area contributed by atoms with Gasteiger partial charge >= 0.3 is 0 Å². The highest BCUT2D eigenvalue weighted by molar-refractivity contribution is 5.50. The number of methoxy groups -OCH3 is 3. The van der Waals surface area contributed by atoms with Crippen LogP contribution in [0.5, 0.6) is 17.2 Å². The first-order valence-corrected chi connectivity index (χ1v) is 9.55. The number of nitrogens with zero attached hydrogens (tertiary/aromatic N) is 1. The minimum Gasteiger partial charge on any atom is -0.496 e. The molecule has 0 spiro atoms. The highest BCUT2D eigenvalue weighted by atomic mass is 16.5. The summed E-state index contributed by atoms with van der Waals surface area (Å²) in [6.45, 7) is 3.93. The van der Waals surface area contributed by atoms with E-state index in [1.807, 2.05) is 12.1 Å². The van der Waals surface area contributed by atoms with Gasteiger partial charge in [0.15, 0.2) is 11.5 Å². The van der Waals surface area contributed by atoms with Crippen LogP contribution >= 0.6 is 0 Å². The van der Waals surface area contributed by atoms with E-state index < -0.39 is 0 Å². The second kappa shape index (κ2) is 9.62. The predicted molar refractivity (Wildman–Crippen MR) is 108 cm³/mol. The molecule has 1 fully saturated rings. The summed E-state index contributed by atoms with van der Waals surface area (Å²) in [5.41, 5.74) is 2.43. The number of likely N-dealkylation sites (tertiary alicyclic amines) is 1. The van der Waals surface area contributed by atoms with E-state index in [0.29, 0.717) is 24.1 Å². The fourth-order valence-electron chi connectivity index (χ4n) is 3.76. The lowest BCUT2D eigenvalue weighted by molar-refractivity contribution is 0.238. The van der Waals surface area contributed by atoms with Crippen LogP contribution in [0.4, 0.5) is 0 Å². The Morgan fingerprint density at radius 1 is 0.889 bits per heavy atom. The number of hydrogen-bond donors (Lipinski definition) is 1. The third-order valence-corrected chi connectivity index (χ3v) is 5.21. The molecule has 0 radical (unpaired) electrons. The third kappa shape index (κ3) is 4.73. The van der Waals surface area contributed by atoms with Crippen molar-refractivity contribution in [2.24, 2.45) is 0 Å². The van der Waals surface area contributed by atoms with Gasteiger partial charge in [-0.15, -0.1) is 0 Å². The quantitative estimate of drug-likeness (QED) is 0.730. The van der Waals surface area contributed by atoms with E-state index >= 15 is 0 Å². The molecule has 1 unspecified atom stereocenters. The number of benzene rings is 2. The summed E-state index contributed by atoms with van der Waals surface area (Å²) in [4.78, 5) is 2.58. The van der Waals surface area contributed by atoms with Crippen molar-refractivity contribution in [1.82, 2.24) is 10.2 Å². The largest absolute Gasteiger partial charge is 0.496 e. The average molecular weight is 370 g/mol. The van der Waals surface area contributed by atoms with Crippen molar-refractivity contribution in [3.05, 3.63) is 53.6 Å². The lowest BCUT2D eigenvalue weighted by atomic mass is 10.1. The summed E-state index contributed by atoms with van der Waals surface area (Å²) in [7, 11) is 4.97. The van der Waals surface area contributed by atoms with E-state index in [2.05, 4.69) is 40.5 Å². The van der Waals surface area contributed by atoms with Crippen LogP contribution in [0.2, 0.25) is 0 Å². The topological polar surface area (TPSA) is 43.0 Å². The summed E-state index contributed by atoms with van der Waals surface area (Å²) in [5.74, 6) is 2.20. The zero-order valence-corrected chi connectivity index (χ0v) is 16.5. The molecule has 1 heterocycles. The van der Waals surface area contributed by atoms with Gasteiger partial charge in [-0.05, 0) is 37.6 Å². The first kappa shape index (κ1) is 19.5. The van der Waals surface area contributed by atoms with Gasteiger partial charge in [-0.2, -0.15) is 0 Å². The van der Waals surface area contributed by atoms with E-state index in [1.54, 1.807) is 21.3 Å². The molecular weight excluding hydrogens is 340 g/mol. The molecule has 0 aromatic heterocycles. The summed E-state index contributed by atoms with van der Waals surface area (Å²) in [6, 6.07) is 15.0. The van der Waals surface area contributed by atoms with Crippen LogP contribution in [0.15, 0.2) is 42.5 Å². The minimum atomic E-state index is 0.389. The molecule has 3 rings (SSSR count). The summed E-state index contributed by atoms with van der Waals surface area (Å²) in [6.07, 6.45) is 2.57. The second-order valence-corrected chi connectivity index (χ2v) is 6.82. The molecule has 0 saturated carbocycles. The Kier molecular flexibility index (Phi) is 6.96. The molecular formula is C22H30N2O3. The molecule has 1 atom stereocenters. The van der Waals surface area contributed by atoms with Crippen LogP contribution in [0, 0.1) is 0 Å². The zero-order chi connectivity index (χ0) is 19.1. The lowest BCUT2D eigenvalue weighted by Gasteiger charge is -2.28. The smallest absolute Gasteiger partial charge is 0.164 e. The summed E-state index contributed by atoms with van der Waals surface area (Å²) < 4.78 is 16.4. The van der Waals surface area contributed by atoms with E-state index in [1.165, 1.54) is 31.5 Å². The van der Waals surface area contributed by atoms with Crippen LogP contribution in [-0.2, 0) is 6.54 Å². The number of hydrogen-bond acceptors (Lipinski definition) is 5. The van der Waals surface area contributed by atoms with Crippen molar-refractivity contribution in [3.8, 4) is 17.2 Å². The van der Waals surface area contributed by atoms with Gasteiger partial charge in [0.05, 0.1) is 21.3 Å². The third-order valence-electron chi connectivity index (χ3n) is 5.21. The average Bonchev–Trinajstić information content (AvgIpc) is 3.25. The van der Waals surface area contributed by atoms with E-state index in [-0.39, 0.29) is 0 Å². The molecule has 1 N–H and O–H groups in total. The fourth-order valence-corrected chi connectivity index (χ4v) is 3.76. The first-order chi connectivity index (χ1) is 13.3. The van der Waals surface area contributed by atoms with Crippen LogP contribution in [0.25, 0.3) is 0 Å². The molecule has 2 aromatic carbocycles. The Balaban J connectivity index is 1.71. The monoisotopic (exact) mass is 370 g/mol. The molecule has 146 valence electrons. The van der Waals surface area contributed by atoms with E-state index in [0.717, 1.165) is 17.9 Å². The van der Waals surface area contributed by atoms with Gasteiger partial charge in [0, 0.05) is 30.8 Å². The molecule has 0 amide bonds. The lowest BCUT2D eigenvalue weighted by Crippen LogP contribution is -2.34. The maximum absolute atomic E-state index is 5.54. The van der Waals surface area contributed by atoms with Crippen molar-refractivity contribution in [2.75, 3.05) is 41.0 Å². The van der Waals surface area contributed by atoms with Gasteiger partial charge in [-0.25, -0.2) is 0 Å². The minimum absolute atomic E-state index is 0.389. The molecule has 27 heavy (non-hydrogen) atoms. The maximum Gasteiger partial charge on any atom is 0.164 e. The Morgan fingerprint density at radius 2 is 1.52 bits per heavy atom. The number of nitrogens with one attached hydrogen (secondary N) is 1. The van der Waals surface area contributed by atoms with E-state index in [9.17, 15) is 0 Å². The molecule has 5 nitrogen and oxygen atoms in total. The van der Waals surface area contributed by atoms with Crippen molar-refractivity contribution < 1.29 is 14.2 Å². The Hall–Kier alpha value is -2.24. The van der Waals surface area contributed by atoms with Crippen LogP contribution < -0.4 is 19.5 Å². The molecule has 0 bridgehead atoms. The number of rotatable bonds is 9. The highest BCUT2D eigenvalue weighted by Gasteiger charge is 2.23. The Labute approximate surface area is 162 Å². The first-order valence-electron chi connectivity index (χ1n) is 9.55. The molecule has 2 aromatic rings. The Morgan fingerprint density at radius 3 is 2.15 bits per heavy atom. The molecule has 1 saturated heterocycles. The van der Waals surface area contributed by atoms with Gasteiger partial charge in [-0.3, -0.25) is 4.90 Å².